The van der Waals surface area contributed by atoms with Crippen molar-refractivity contribution in [2.75, 3.05) is 0 Å². The van der Waals surface area contributed by atoms with Gasteiger partial charge in [-0.2, -0.15) is 0 Å². The Morgan fingerprint density at radius 2 is 1.58 bits per heavy atom. The summed E-state index contributed by atoms with van der Waals surface area (Å²) in [5.41, 5.74) is 0. The van der Waals surface area contributed by atoms with Gasteiger partial charge in [0, 0.05) is 0 Å². The molecule has 0 spiro atoms. The van der Waals surface area contributed by atoms with E-state index in [0.717, 1.165) is 0 Å². The lowest BCUT2D eigenvalue weighted by molar-refractivity contribution is -0.277. The van der Waals surface area contributed by atoms with Crippen LogP contribution in [0.4, 0.5) is 0 Å². The maximum atomic E-state index is 9.20. The molecule has 0 aliphatic carbocycles. The minimum Gasteiger partial charge on any atom is -0.388 e. The number of ether oxygens (including phenoxy) is 1. The molecule has 0 amide bonds. The van der Waals surface area contributed by atoms with Crippen molar-refractivity contribution < 1.29 is 25.2 Å². The SMILES string of the molecule is [B]C[C@@H]1O[C@@H](O)[C@@H](O)[C@@H](O)[C@@H]1O. The topological polar surface area (TPSA) is 90.2 Å². The average Bonchev–Trinajstić information content (AvgIpc) is 2.08. The lowest BCUT2D eigenvalue weighted by atomic mass is 9.89. The van der Waals surface area contributed by atoms with Gasteiger partial charge in [-0.3, -0.25) is 0 Å². The van der Waals surface area contributed by atoms with Crippen molar-refractivity contribution in [1.82, 2.24) is 0 Å². The van der Waals surface area contributed by atoms with Crippen LogP contribution in [0.2, 0.25) is 6.32 Å². The fourth-order valence-electron chi connectivity index (χ4n) is 1.13. The summed E-state index contributed by atoms with van der Waals surface area (Å²) in [6, 6.07) is 0. The third-order valence-electron chi connectivity index (χ3n) is 1.92. The van der Waals surface area contributed by atoms with Crippen molar-refractivity contribution in [3.8, 4) is 0 Å². The van der Waals surface area contributed by atoms with Crippen LogP contribution in [-0.2, 0) is 4.74 Å². The molecule has 0 aromatic heterocycles. The predicted molar refractivity (Wildman–Crippen MR) is 39.5 cm³/mol. The van der Waals surface area contributed by atoms with Gasteiger partial charge in [-0.1, -0.05) is 6.32 Å². The van der Waals surface area contributed by atoms with E-state index in [4.69, 9.17) is 27.9 Å². The van der Waals surface area contributed by atoms with Gasteiger partial charge >= 0.3 is 0 Å². The second kappa shape index (κ2) is 3.72. The van der Waals surface area contributed by atoms with Gasteiger partial charge in [0.1, 0.15) is 18.3 Å². The maximum Gasteiger partial charge on any atom is 0.183 e. The van der Waals surface area contributed by atoms with Gasteiger partial charge in [-0.05, 0) is 0 Å². The molecule has 5 nitrogen and oxygen atoms in total. The van der Waals surface area contributed by atoms with E-state index in [1.54, 1.807) is 0 Å². The molecule has 0 aromatic rings. The van der Waals surface area contributed by atoms with Crippen LogP contribution in [0.5, 0.6) is 0 Å². The van der Waals surface area contributed by atoms with Gasteiger partial charge in [0.15, 0.2) is 6.29 Å². The largest absolute Gasteiger partial charge is 0.388 e. The Hall–Kier alpha value is -0.135. The van der Waals surface area contributed by atoms with Gasteiger partial charge in [0.05, 0.1) is 14.0 Å². The summed E-state index contributed by atoms with van der Waals surface area (Å²) in [7, 11) is 5.17. The Morgan fingerprint density at radius 1 is 1.00 bits per heavy atom. The van der Waals surface area contributed by atoms with Crippen LogP contribution in [0, 0.1) is 0 Å². The molecular weight excluding hydrogens is 163 g/mol. The zero-order valence-electron chi connectivity index (χ0n) is 6.37. The molecule has 6 heteroatoms. The number of hydrogen-bond acceptors (Lipinski definition) is 5. The Bertz CT molecular complexity index is 150. The van der Waals surface area contributed by atoms with Crippen molar-refractivity contribution in [2.45, 2.75) is 37.0 Å². The van der Waals surface area contributed by atoms with Gasteiger partial charge in [0.25, 0.3) is 0 Å². The first kappa shape index (κ1) is 9.95. The third-order valence-corrected chi connectivity index (χ3v) is 1.92. The summed E-state index contributed by atoms with van der Waals surface area (Å²) in [6.45, 7) is 0. The van der Waals surface area contributed by atoms with Gasteiger partial charge in [-0.15, -0.1) is 0 Å². The van der Waals surface area contributed by atoms with E-state index < -0.39 is 30.7 Å². The molecule has 2 radical (unpaired) electrons. The molecule has 5 atom stereocenters. The minimum atomic E-state index is -1.49. The van der Waals surface area contributed by atoms with Crippen LogP contribution in [0.15, 0.2) is 0 Å². The summed E-state index contributed by atoms with van der Waals surface area (Å²) >= 11 is 0. The number of aliphatic hydroxyl groups is 4. The molecule has 12 heavy (non-hydrogen) atoms. The van der Waals surface area contributed by atoms with Crippen LogP contribution in [0.25, 0.3) is 0 Å². The van der Waals surface area contributed by atoms with Gasteiger partial charge < -0.3 is 25.2 Å². The molecule has 1 fully saturated rings. The van der Waals surface area contributed by atoms with Crippen molar-refractivity contribution in [3.63, 3.8) is 0 Å². The summed E-state index contributed by atoms with van der Waals surface area (Å²) < 4.78 is 4.70. The first-order valence-corrected chi connectivity index (χ1v) is 3.65. The molecular formula is C6H11BO5. The number of aliphatic hydroxyl groups excluding tert-OH is 4. The Labute approximate surface area is 71.0 Å². The fraction of sp³-hybridized carbons (Fsp3) is 1.00. The minimum absolute atomic E-state index is 0.0258. The van der Waals surface area contributed by atoms with E-state index in [1.807, 2.05) is 0 Å². The second-order valence-electron chi connectivity index (χ2n) is 2.77. The van der Waals surface area contributed by atoms with E-state index in [-0.39, 0.29) is 6.32 Å². The maximum absolute atomic E-state index is 9.20. The van der Waals surface area contributed by atoms with Crippen molar-refractivity contribution in [3.05, 3.63) is 0 Å². The lowest BCUT2D eigenvalue weighted by Crippen LogP contribution is -2.57. The van der Waals surface area contributed by atoms with Crippen LogP contribution in [0.3, 0.4) is 0 Å². The first-order chi connectivity index (χ1) is 5.57. The van der Waals surface area contributed by atoms with Crippen molar-refractivity contribution in [1.29, 1.82) is 0 Å². The Balaban J connectivity index is 2.63. The smallest absolute Gasteiger partial charge is 0.183 e. The molecule has 4 N–H and O–H groups in total. The summed E-state index contributed by atoms with van der Waals surface area (Å²) in [5, 5.41) is 36.3. The quantitative estimate of drug-likeness (QED) is 0.326. The Morgan fingerprint density at radius 3 is 2.08 bits per heavy atom. The molecule has 1 aliphatic rings. The van der Waals surface area contributed by atoms with Crippen LogP contribution in [-0.4, -0.2) is 59.0 Å². The highest BCUT2D eigenvalue weighted by Gasteiger charge is 2.41. The molecule has 1 saturated heterocycles. The van der Waals surface area contributed by atoms with Crippen molar-refractivity contribution in [2.24, 2.45) is 0 Å². The monoisotopic (exact) mass is 174 g/mol. The molecule has 0 saturated carbocycles. The summed E-state index contributed by atoms with van der Waals surface area (Å²) in [6.07, 6.45) is -6.50. The highest BCUT2D eigenvalue weighted by molar-refractivity contribution is 6.08. The molecule has 0 unspecified atom stereocenters. The standard InChI is InChI=1S/C6H11BO5/c7-1-2-3(8)4(9)5(10)6(11)12-2/h2-6,8-11H,1H2/t2-,3+,4-,5-,6+/m0/s1. The normalized spacial score (nSPS) is 49.2. The third kappa shape index (κ3) is 1.62. The fourth-order valence-corrected chi connectivity index (χ4v) is 1.13. The highest BCUT2D eigenvalue weighted by atomic mass is 16.6. The number of hydrogen-bond donors (Lipinski definition) is 4. The van der Waals surface area contributed by atoms with E-state index >= 15 is 0 Å². The molecule has 68 valence electrons. The van der Waals surface area contributed by atoms with E-state index in [9.17, 15) is 5.11 Å². The zero-order valence-corrected chi connectivity index (χ0v) is 6.37. The average molecular weight is 174 g/mol. The molecule has 0 bridgehead atoms. The zero-order chi connectivity index (χ0) is 9.30. The molecule has 0 aromatic carbocycles. The first-order valence-electron chi connectivity index (χ1n) is 3.65. The van der Waals surface area contributed by atoms with Crippen molar-refractivity contribution >= 4 is 7.85 Å². The van der Waals surface area contributed by atoms with Crippen LogP contribution >= 0.6 is 0 Å². The van der Waals surface area contributed by atoms with Gasteiger partial charge in [0.2, 0.25) is 0 Å². The van der Waals surface area contributed by atoms with E-state index in [1.165, 1.54) is 0 Å². The van der Waals surface area contributed by atoms with Crippen LogP contribution < -0.4 is 0 Å². The molecule has 1 rings (SSSR count). The summed E-state index contributed by atoms with van der Waals surface area (Å²) in [4.78, 5) is 0. The molecule has 1 aliphatic heterocycles. The predicted octanol–water partition coefficient (Wildman–Crippen LogP) is -2.63. The van der Waals surface area contributed by atoms with E-state index in [0.29, 0.717) is 0 Å². The Kier molecular flexibility index (Phi) is 3.08. The summed E-state index contributed by atoms with van der Waals surface area (Å²) in [5.74, 6) is 0. The number of rotatable bonds is 1. The lowest BCUT2D eigenvalue weighted by Gasteiger charge is -2.38. The second-order valence-corrected chi connectivity index (χ2v) is 2.77. The van der Waals surface area contributed by atoms with Crippen LogP contribution in [0.1, 0.15) is 0 Å². The highest BCUT2D eigenvalue weighted by Crippen LogP contribution is 2.21. The molecule has 1 heterocycles. The van der Waals surface area contributed by atoms with E-state index in [2.05, 4.69) is 0 Å². The van der Waals surface area contributed by atoms with Gasteiger partial charge in [-0.25, -0.2) is 0 Å².